The molecule has 1 aliphatic heterocycles. The maximum atomic E-state index is 11.6. The van der Waals surface area contributed by atoms with Crippen molar-refractivity contribution in [2.45, 2.75) is 38.3 Å². The molecule has 0 radical (unpaired) electrons. The third-order valence-corrected chi connectivity index (χ3v) is 2.57. The van der Waals surface area contributed by atoms with Gasteiger partial charge in [-0.15, -0.1) is 12.4 Å². The van der Waals surface area contributed by atoms with Gasteiger partial charge >= 0.3 is 0 Å². The number of amides is 1. The van der Waals surface area contributed by atoms with Gasteiger partial charge in [-0.2, -0.15) is 0 Å². The van der Waals surface area contributed by atoms with Gasteiger partial charge in [-0.05, 0) is 26.2 Å². The van der Waals surface area contributed by atoms with E-state index < -0.39 is 6.04 Å². The van der Waals surface area contributed by atoms with Crippen molar-refractivity contribution in [2.24, 2.45) is 11.5 Å². The molecule has 1 aliphatic rings. The summed E-state index contributed by atoms with van der Waals surface area (Å²) in [7, 11) is 0. The topological polar surface area (TPSA) is 72.4 Å². The zero-order chi connectivity index (χ0) is 9.84. The van der Waals surface area contributed by atoms with Crippen LogP contribution in [-0.2, 0) is 4.79 Å². The highest BCUT2D eigenvalue weighted by molar-refractivity contribution is 5.85. The Morgan fingerprint density at radius 3 is 2.71 bits per heavy atom. The second kappa shape index (κ2) is 6.22. The van der Waals surface area contributed by atoms with Gasteiger partial charge < -0.3 is 16.4 Å². The van der Waals surface area contributed by atoms with E-state index in [1.807, 2.05) is 4.90 Å². The van der Waals surface area contributed by atoms with Gasteiger partial charge in [0.1, 0.15) is 0 Å². The Labute approximate surface area is 91.4 Å². The van der Waals surface area contributed by atoms with Crippen LogP contribution in [-0.4, -0.2) is 36.0 Å². The molecule has 0 aromatic rings. The zero-order valence-corrected chi connectivity index (χ0v) is 9.43. The smallest absolute Gasteiger partial charge is 0.239 e. The van der Waals surface area contributed by atoms with Crippen molar-refractivity contribution in [3.63, 3.8) is 0 Å². The fraction of sp³-hybridized carbons (Fsp3) is 0.889. The van der Waals surface area contributed by atoms with Crippen molar-refractivity contribution in [1.29, 1.82) is 0 Å². The van der Waals surface area contributed by atoms with Gasteiger partial charge in [-0.3, -0.25) is 4.79 Å². The first-order valence-electron chi connectivity index (χ1n) is 4.93. The Morgan fingerprint density at radius 2 is 2.21 bits per heavy atom. The molecule has 0 aromatic heterocycles. The molecule has 0 aliphatic carbocycles. The number of hydrogen-bond acceptors (Lipinski definition) is 3. The molecule has 84 valence electrons. The molecule has 14 heavy (non-hydrogen) atoms. The molecule has 1 fully saturated rings. The summed E-state index contributed by atoms with van der Waals surface area (Å²) in [5, 5.41) is 0. The van der Waals surface area contributed by atoms with Crippen LogP contribution < -0.4 is 11.5 Å². The Balaban J connectivity index is 0.00000169. The Kier molecular flexibility index (Phi) is 6.08. The minimum atomic E-state index is -0.396. The average molecular weight is 222 g/mol. The molecular formula is C9H20ClN3O. The van der Waals surface area contributed by atoms with Crippen LogP contribution in [0.3, 0.4) is 0 Å². The van der Waals surface area contributed by atoms with Crippen molar-refractivity contribution in [1.82, 2.24) is 4.90 Å². The van der Waals surface area contributed by atoms with Crippen LogP contribution in [0.2, 0.25) is 0 Å². The van der Waals surface area contributed by atoms with E-state index in [-0.39, 0.29) is 24.4 Å². The van der Waals surface area contributed by atoms with Crippen molar-refractivity contribution in [3.05, 3.63) is 0 Å². The van der Waals surface area contributed by atoms with Gasteiger partial charge in [0.05, 0.1) is 6.04 Å². The Morgan fingerprint density at radius 1 is 1.57 bits per heavy atom. The van der Waals surface area contributed by atoms with Crippen LogP contribution in [0.15, 0.2) is 0 Å². The second-order valence-electron chi connectivity index (χ2n) is 3.71. The van der Waals surface area contributed by atoms with Gasteiger partial charge in [-0.25, -0.2) is 0 Å². The predicted octanol–water partition coefficient (Wildman–Crippen LogP) is 0.0952. The lowest BCUT2D eigenvalue weighted by atomic mass is 10.0. The number of piperidine rings is 1. The quantitative estimate of drug-likeness (QED) is 0.695. The van der Waals surface area contributed by atoms with Crippen LogP contribution in [0.25, 0.3) is 0 Å². The van der Waals surface area contributed by atoms with Crippen molar-refractivity contribution in [2.75, 3.05) is 13.1 Å². The van der Waals surface area contributed by atoms with E-state index >= 15 is 0 Å². The lowest BCUT2D eigenvalue weighted by Crippen LogP contribution is -2.52. The highest BCUT2D eigenvalue weighted by atomic mass is 35.5. The molecular weight excluding hydrogens is 202 g/mol. The number of hydrogen-bond donors (Lipinski definition) is 2. The number of halogens is 1. The van der Waals surface area contributed by atoms with Crippen LogP contribution in [0.4, 0.5) is 0 Å². The van der Waals surface area contributed by atoms with Crippen molar-refractivity contribution >= 4 is 18.3 Å². The lowest BCUT2D eigenvalue weighted by molar-refractivity contribution is -0.135. The van der Waals surface area contributed by atoms with E-state index in [0.29, 0.717) is 6.54 Å². The summed E-state index contributed by atoms with van der Waals surface area (Å²) < 4.78 is 0. The van der Waals surface area contributed by atoms with E-state index in [2.05, 4.69) is 0 Å². The maximum Gasteiger partial charge on any atom is 0.239 e. The number of nitrogens with two attached hydrogens (primary N) is 2. The number of nitrogens with zero attached hydrogens (tertiary/aromatic N) is 1. The first-order chi connectivity index (χ1) is 6.16. The minimum Gasteiger partial charge on any atom is -0.337 e. The summed E-state index contributed by atoms with van der Waals surface area (Å²) in [4.78, 5) is 13.5. The van der Waals surface area contributed by atoms with Crippen molar-refractivity contribution < 1.29 is 4.79 Å². The first-order valence-corrected chi connectivity index (χ1v) is 4.93. The molecule has 1 rings (SSSR count). The van der Waals surface area contributed by atoms with Gasteiger partial charge in [-0.1, -0.05) is 0 Å². The third kappa shape index (κ3) is 3.12. The summed E-state index contributed by atoms with van der Waals surface area (Å²) in [5.74, 6) is 0.0372. The fourth-order valence-corrected chi connectivity index (χ4v) is 1.80. The molecule has 1 unspecified atom stereocenters. The maximum absolute atomic E-state index is 11.6. The summed E-state index contributed by atoms with van der Waals surface area (Å²) >= 11 is 0. The van der Waals surface area contributed by atoms with Crippen LogP contribution in [0.5, 0.6) is 0 Å². The number of carbonyl (C=O) groups excluding carboxylic acids is 1. The first kappa shape index (κ1) is 13.7. The van der Waals surface area contributed by atoms with Gasteiger partial charge in [0.15, 0.2) is 0 Å². The molecule has 1 amide bonds. The largest absolute Gasteiger partial charge is 0.337 e. The monoisotopic (exact) mass is 221 g/mol. The summed E-state index contributed by atoms with van der Waals surface area (Å²) in [6.07, 6.45) is 3.27. The van der Waals surface area contributed by atoms with Crippen molar-refractivity contribution in [3.8, 4) is 0 Å². The van der Waals surface area contributed by atoms with Crippen LogP contribution in [0, 0.1) is 0 Å². The molecule has 4 nitrogen and oxygen atoms in total. The SMILES string of the molecule is C[C@@H](N)C(=O)N1CCCCC1CN.Cl. The molecule has 1 saturated heterocycles. The van der Waals surface area contributed by atoms with Gasteiger partial charge in [0.2, 0.25) is 5.91 Å². The van der Waals surface area contributed by atoms with E-state index in [1.165, 1.54) is 6.42 Å². The Hall–Kier alpha value is -0.320. The van der Waals surface area contributed by atoms with E-state index in [9.17, 15) is 4.79 Å². The third-order valence-electron chi connectivity index (χ3n) is 2.57. The van der Waals surface area contributed by atoms with Gasteiger partial charge in [0, 0.05) is 19.1 Å². The number of rotatable bonds is 2. The van der Waals surface area contributed by atoms with E-state index in [4.69, 9.17) is 11.5 Å². The Bertz CT molecular complexity index is 187. The molecule has 0 saturated carbocycles. The highest BCUT2D eigenvalue weighted by Crippen LogP contribution is 2.16. The fourth-order valence-electron chi connectivity index (χ4n) is 1.80. The normalized spacial score (nSPS) is 23.9. The zero-order valence-electron chi connectivity index (χ0n) is 8.61. The molecule has 5 heteroatoms. The standard InChI is InChI=1S/C9H19N3O.ClH/c1-7(11)9(13)12-5-3-2-4-8(12)6-10;/h7-8H,2-6,10-11H2,1H3;1H/t7-,8?;/m1./s1. The second-order valence-corrected chi connectivity index (χ2v) is 3.71. The van der Waals surface area contributed by atoms with Gasteiger partial charge in [0.25, 0.3) is 0 Å². The van der Waals surface area contributed by atoms with Crippen LogP contribution >= 0.6 is 12.4 Å². The summed E-state index contributed by atoms with van der Waals surface area (Å²) in [6, 6.07) is -0.181. The molecule has 0 bridgehead atoms. The highest BCUT2D eigenvalue weighted by Gasteiger charge is 2.26. The number of likely N-dealkylation sites (tertiary alicyclic amines) is 1. The molecule has 0 aromatic carbocycles. The van der Waals surface area contributed by atoms with E-state index in [1.54, 1.807) is 6.92 Å². The summed E-state index contributed by atoms with van der Waals surface area (Å²) in [6.45, 7) is 3.10. The summed E-state index contributed by atoms with van der Waals surface area (Å²) in [5.41, 5.74) is 11.1. The average Bonchev–Trinajstić information content (AvgIpc) is 2.16. The predicted molar refractivity (Wildman–Crippen MR) is 59.3 cm³/mol. The molecule has 4 N–H and O–H groups in total. The minimum absolute atomic E-state index is 0. The van der Waals surface area contributed by atoms with E-state index in [0.717, 1.165) is 19.4 Å². The lowest BCUT2D eigenvalue weighted by Gasteiger charge is -2.36. The molecule has 1 heterocycles. The molecule has 2 atom stereocenters. The van der Waals surface area contributed by atoms with Crippen LogP contribution in [0.1, 0.15) is 26.2 Å². The molecule has 0 spiro atoms. The number of carbonyl (C=O) groups is 1.